The van der Waals surface area contributed by atoms with Gasteiger partial charge in [-0.1, -0.05) is 50.2 Å². The Balaban J connectivity index is 1.79. The molecule has 0 aliphatic carbocycles. The topological polar surface area (TPSA) is 76.7 Å². The van der Waals surface area contributed by atoms with Crippen molar-refractivity contribution in [1.82, 2.24) is 0 Å². The average molecular weight is 433 g/mol. The SMILES string of the molecule is CCCOc1ccccc1C(=O)Nc1ccccc1NC(=O)c1ccccc1OCCC. The average Bonchev–Trinajstić information content (AvgIpc) is 2.83. The lowest BCUT2D eigenvalue weighted by Gasteiger charge is -2.15. The summed E-state index contributed by atoms with van der Waals surface area (Å²) in [6.07, 6.45) is 1.68. The highest BCUT2D eigenvalue weighted by Gasteiger charge is 2.17. The summed E-state index contributed by atoms with van der Waals surface area (Å²) in [5.41, 5.74) is 1.84. The van der Waals surface area contributed by atoms with Gasteiger partial charge in [0.15, 0.2) is 0 Å². The summed E-state index contributed by atoms with van der Waals surface area (Å²) in [5, 5.41) is 5.77. The number of nitrogens with one attached hydrogen (secondary N) is 2. The first kappa shape index (κ1) is 22.9. The van der Waals surface area contributed by atoms with E-state index in [0.717, 1.165) is 12.8 Å². The van der Waals surface area contributed by atoms with Gasteiger partial charge >= 0.3 is 0 Å². The van der Waals surface area contributed by atoms with Crippen molar-refractivity contribution >= 4 is 23.2 Å². The molecule has 0 spiro atoms. The zero-order valence-corrected chi connectivity index (χ0v) is 18.4. The summed E-state index contributed by atoms with van der Waals surface area (Å²) in [5.74, 6) is 0.417. The molecule has 0 heterocycles. The van der Waals surface area contributed by atoms with Gasteiger partial charge in [0.05, 0.1) is 35.7 Å². The quantitative estimate of drug-likeness (QED) is 0.426. The number of rotatable bonds is 10. The normalized spacial score (nSPS) is 10.3. The number of carbonyl (C=O) groups is 2. The van der Waals surface area contributed by atoms with E-state index in [1.807, 2.05) is 26.0 Å². The first-order valence-corrected chi connectivity index (χ1v) is 10.8. The summed E-state index contributed by atoms with van der Waals surface area (Å²) in [7, 11) is 0. The zero-order chi connectivity index (χ0) is 22.8. The van der Waals surface area contributed by atoms with Crippen LogP contribution < -0.4 is 20.1 Å². The van der Waals surface area contributed by atoms with Crippen molar-refractivity contribution in [2.45, 2.75) is 26.7 Å². The van der Waals surface area contributed by atoms with E-state index < -0.39 is 0 Å². The number of ether oxygens (including phenoxy) is 2. The maximum Gasteiger partial charge on any atom is 0.259 e. The molecule has 0 fully saturated rings. The van der Waals surface area contributed by atoms with Crippen molar-refractivity contribution in [3.8, 4) is 11.5 Å². The van der Waals surface area contributed by atoms with Crippen molar-refractivity contribution < 1.29 is 19.1 Å². The second-order valence-electron chi connectivity index (χ2n) is 7.14. The van der Waals surface area contributed by atoms with Crippen LogP contribution in [0, 0.1) is 0 Å². The van der Waals surface area contributed by atoms with Crippen LogP contribution in [0.3, 0.4) is 0 Å². The molecule has 0 saturated carbocycles. The molecule has 3 aromatic carbocycles. The summed E-state index contributed by atoms with van der Waals surface area (Å²) in [4.78, 5) is 25.9. The van der Waals surface area contributed by atoms with Crippen molar-refractivity contribution in [2.75, 3.05) is 23.8 Å². The number of hydrogen-bond donors (Lipinski definition) is 2. The molecular weight excluding hydrogens is 404 g/mol. The first-order chi connectivity index (χ1) is 15.6. The van der Waals surface area contributed by atoms with Gasteiger partial charge in [0, 0.05) is 0 Å². The Bertz CT molecular complexity index is 980. The highest BCUT2D eigenvalue weighted by molar-refractivity contribution is 6.11. The van der Waals surface area contributed by atoms with Gasteiger partial charge in [-0.3, -0.25) is 9.59 Å². The van der Waals surface area contributed by atoms with E-state index in [2.05, 4.69) is 10.6 Å². The van der Waals surface area contributed by atoms with Gasteiger partial charge in [-0.2, -0.15) is 0 Å². The van der Waals surface area contributed by atoms with Crippen LogP contribution in [0.2, 0.25) is 0 Å². The van der Waals surface area contributed by atoms with Crippen molar-refractivity contribution in [1.29, 1.82) is 0 Å². The molecular formula is C26H28N2O4. The fourth-order valence-electron chi connectivity index (χ4n) is 3.06. The van der Waals surface area contributed by atoms with Crippen LogP contribution in [-0.2, 0) is 0 Å². The Morgan fingerprint density at radius 1 is 0.625 bits per heavy atom. The number of para-hydroxylation sites is 4. The summed E-state index contributed by atoms with van der Waals surface area (Å²) < 4.78 is 11.4. The van der Waals surface area contributed by atoms with E-state index in [1.165, 1.54) is 0 Å². The lowest BCUT2D eigenvalue weighted by molar-refractivity contribution is 0.101. The first-order valence-electron chi connectivity index (χ1n) is 10.8. The maximum absolute atomic E-state index is 13.0. The summed E-state index contributed by atoms with van der Waals surface area (Å²) in [6, 6.07) is 21.3. The predicted octanol–water partition coefficient (Wildman–Crippen LogP) is 5.77. The molecule has 0 bridgehead atoms. The Morgan fingerprint density at radius 3 is 1.41 bits per heavy atom. The van der Waals surface area contributed by atoms with Gasteiger partial charge in [-0.15, -0.1) is 0 Å². The minimum atomic E-state index is -0.315. The zero-order valence-electron chi connectivity index (χ0n) is 18.4. The molecule has 0 aromatic heterocycles. The van der Waals surface area contributed by atoms with Gasteiger partial charge in [0.25, 0.3) is 11.8 Å². The van der Waals surface area contributed by atoms with E-state index in [4.69, 9.17) is 9.47 Å². The van der Waals surface area contributed by atoms with Crippen molar-refractivity contribution in [3.05, 3.63) is 83.9 Å². The number of anilines is 2. The fraction of sp³-hybridized carbons (Fsp3) is 0.231. The molecule has 3 rings (SSSR count). The molecule has 3 aromatic rings. The van der Waals surface area contributed by atoms with Crippen molar-refractivity contribution in [3.63, 3.8) is 0 Å². The molecule has 2 amide bonds. The number of amides is 2. The monoisotopic (exact) mass is 432 g/mol. The predicted molar refractivity (Wildman–Crippen MR) is 127 cm³/mol. The Hall–Kier alpha value is -3.80. The Kier molecular flexibility index (Phi) is 8.26. The third-order valence-electron chi connectivity index (χ3n) is 4.61. The standard InChI is InChI=1S/C26H28N2O4/c1-3-17-31-23-15-9-5-11-19(23)25(29)27-21-13-7-8-14-22(21)28-26(30)20-12-6-10-16-24(20)32-18-4-2/h5-16H,3-4,17-18H2,1-2H3,(H,27,29)(H,28,30). The van der Waals surface area contributed by atoms with Gasteiger partial charge in [-0.25, -0.2) is 0 Å². The summed E-state index contributed by atoms with van der Waals surface area (Å²) >= 11 is 0. The highest BCUT2D eigenvalue weighted by Crippen LogP contribution is 2.26. The maximum atomic E-state index is 13.0. The fourth-order valence-corrected chi connectivity index (χ4v) is 3.06. The van der Waals surface area contributed by atoms with E-state index in [0.29, 0.717) is 47.2 Å². The van der Waals surface area contributed by atoms with Gasteiger partial charge in [0.1, 0.15) is 11.5 Å². The number of benzene rings is 3. The molecule has 0 saturated heterocycles. The van der Waals surface area contributed by atoms with E-state index in [-0.39, 0.29) is 11.8 Å². The van der Waals surface area contributed by atoms with E-state index in [9.17, 15) is 9.59 Å². The summed E-state index contributed by atoms with van der Waals surface area (Å²) in [6.45, 7) is 5.06. The van der Waals surface area contributed by atoms with Crippen molar-refractivity contribution in [2.24, 2.45) is 0 Å². The Labute approximate surface area is 188 Å². The highest BCUT2D eigenvalue weighted by atomic mass is 16.5. The van der Waals surface area contributed by atoms with Gasteiger partial charge < -0.3 is 20.1 Å². The molecule has 32 heavy (non-hydrogen) atoms. The molecule has 0 atom stereocenters. The second-order valence-corrected chi connectivity index (χ2v) is 7.14. The molecule has 0 unspecified atom stereocenters. The molecule has 0 aliphatic heterocycles. The molecule has 6 heteroatoms. The third-order valence-corrected chi connectivity index (χ3v) is 4.61. The van der Waals surface area contributed by atoms with Gasteiger partial charge in [0.2, 0.25) is 0 Å². The lowest BCUT2D eigenvalue weighted by Crippen LogP contribution is -2.18. The second kappa shape index (κ2) is 11.6. The largest absolute Gasteiger partial charge is 0.493 e. The smallest absolute Gasteiger partial charge is 0.259 e. The van der Waals surface area contributed by atoms with Gasteiger partial charge in [-0.05, 0) is 49.2 Å². The molecule has 6 nitrogen and oxygen atoms in total. The van der Waals surface area contributed by atoms with E-state index in [1.54, 1.807) is 60.7 Å². The van der Waals surface area contributed by atoms with Crippen LogP contribution in [0.15, 0.2) is 72.8 Å². The molecule has 2 N–H and O–H groups in total. The lowest BCUT2D eigenvalue weighted by atomic mass is 10.1. The van der Waals surface area contributed by atoms with Crippen LogP contribution >= 0.6 is 0 Å². The minimum absolute atomic E-state index is 0.315. The number of carbonyl (C=O) groups excluding carboxylic acids is 2. The molecule has 0 aliphatic rings. The van der Waals surface area contributed by atoms with E-state index >= 15 is 0 Å². The Morgan fingerprint density at radius 2 is 1.00 bits per heavy atom. The van der Waals surface area contributed by atoms with Crippen LogP contribution in [0.25, 0.3) is 0 Å². The molecule has 166 valence electrons. The molecule has 0 radical (unpaired) electrons. The van der Waals surface area contributed by atoms with Crippen LogP contribution in [0.1, 0.15) is 47.4 Å². The van der Waals surface area contributed by atoms with Crippen LogP contribution in [-0.4, -0.2) is 25.0 Å². The number of hydrogen-bond acceptors (Lipinski definition) is 4. The minimum Gasteiger partial charge on any atom is -0.493 e. The van der Waals surface area contributed by atoms with Crippen LogP contribution in [0.4, 0.5) is 11.4 Å². The third kappa shape index (κ3) is 5.88. The van der Waals surface area contributed by atoms with Crippen LogP contribution in [0.5, 0.6) is 11.5 Å².